The first-order chi connectivity index (χ1) is 9.06. The van der Waals surface area contributed by atoms with Crippen LogP contribution in [0.5, 0.6) is 5.75 Å². The number of benzene rings is 1. The molecule has 1 saturated carbocycles. The lowest BCUT2D eigenvalue weighted by Gasteiger charge is -2.25. The molecule has 0 amide bonds. The Balaban J connectivity index is 2.27. The molecule has 2 rings (SSSR count). The van der Waals surface area contributed by atoms with Gasteiger partial charge in [0.25, 0.3) is 0 Å². The number of rotatable bonds is 6. The summed E-state index contributed by atoms with van der Waals surface area (Å²) < 4.78 is 5.48. The predicted octanol–water partition coefficient (Wildman–Crippen LogP) is 2.88. The molecule has 0 aliphatic heterocycles. The van der Waals surface area contributed by atoms with Crippen LogP contribution >= 0.6 is 0 Å². The molecular formula is C16H25NO2. The fraction of sp³-hybridized carbons (Fsp3) is 0.625. The summed E-state index contributed by atoms with van der Waals surface area (Å²) in [4.78, 5) is 0. The zero-order valence-corrected chi connectivity index (χ0v) is 12.4. The second-order valence-corrected chi connectivity index (χ2v) is 5.60. The number of hydrogen-bond donors (Lipinski definition) is 2. The van der Waals surface area contributed by atoms with Crippen LogP contribution in [0.2, 0.25) is 0 Å². The highest BCUT2D eigenvalue weighted by Crippen LogP contribution is 2.33. The first-order valence-electron chi connectivity index (χ1n) is 7.16. The Morgan fingerprint density at radius 3 is 2.58 bits per heavy atom. The number of aliphatic hydroxyl groups is 1. The molecule has 0 heterocycles. The van der Waals surface area contributed by atoms with Crippen molar-refractivity contribution in [2.24, 2.45) is 0 Å². The fourth-order valence-electron chi connectivity index (χ4n) is 2.69. The summed E-state index contributed by atoms with van der Waals surface area (Å²) in [6.07, 6.45) is 2.85. The van der Waals surface area contributed by atoms with Gasteiger partial charge in [-0.15, -0.1) is 0 Å². The minimum Gasteiger partial charge on any atom is -0.496 e. The summed E-state index contributed by atoms with van der Waals surface area (Å²) in [6.45, 7) is 6.19. The van der Waals surface area contributed by atoms with Crippen LogP contribution in [0.1, 0.15) is 49.0 Å². The number of ether oxygens (including phenoxy) is 1. The van der Waals surface area contributed by atoms with E-state index in [2.05, 4.69) is 25.2 Å². The van der Waals surface area contributed by atoms with Gasteiger partial charge in [-0.05, 0) is 44.7 Å². The van der Waals surface area contributed by atoms with Crippen LogP contribution in [0.3, 0.4) is 0 Å². The second kappa shape index (κ2) is 5.93. The summed E-state index contributed by atoms with van der Waals surface area (Å²) in [5.74, 6) is 0.814. The van der Waals surface area contributed by atoms with Crippen molar-refractivity contribution >= 4 is 0 Å². The summed E-state index contributed by atoms with van der Waals surface area (Å²) >= 11 is 0. The van der Waals surface area contributed by atoms with Crippen molar-refractivity contribution < 1.29 is 9.84 Å². The zero-order valence-electron chi connectivity index (χ0n) is 12.4. The monoisotopic (exact) mass is 263 g/mol. The van der Waals surface area contributed by atoms with E-state index in [1.165, 1.54) is 12.8 Å². The van der Waals surface area contributed by atoms with Crippen LogP contribution in [0.25, 0.3) is 0 Å². The molecule has 2 unspecified atom stereocenters. The maximum Gasteiger partial charge on any atom is 0.127 e. The molecule has 1 aromatic rings. The van der Waals surface area contributed by atoms with Crippen molar-refractivity contribution in [1.29, 1.82) is 0 Å². The maximum atomic E-state index is 10.7. The van der Waals surface area contributed by atoms with Gasteiger partial charge in [0.2, 0.25) is 0 Å². The smallest absolute Gasteiger partial charge is 0.127 e. The van der Waals surface area contributed by atoms with Crippen molar-refractivity contribution in [2.45, 2.75) is 58.2 Å². The summed E-state index contributed by atoms with van der Waals surface area (Å²) in [5.41, 5.74) is 3.14. The second-order valence-electron chi connectivity index (χ2n) is 5.60. The van der Waals surface area contributed by atoms with E-state index in [1.54, 1.807) is 7.11 Å². The molecule has 1 aromatic carbocycles. The van der Waals surface area contributed by atoms with E-state index in [1.807, 2.05) is 13.0 Å². The van der Waals surface area contributed by atoms with Crippen LogP contribution in [-0.4, -0.2) is 24.3 Å². The van der Waals surface area contributed by atoms with Gasteiger partial charge in [0.05, 0.1) is 13.2 Å². The Bertz CT molecular complexity index is 441. The largest absolute Gasteiger partial charge is 0.496 e. The van der Waals surface area contributed by atoms with Crippen LogP contribution in [0.4, 0.5) is 0 Å². The molecule has 0 aromatic heterocycles. The van der Waals surface area contributed by atoms with E-state index in [9.17, 15) is 5.11 Å². The Hall–Kier alpha value is -1.06. The van der Waals surface area contributed by atoms with Crippen molar-refractivity contribution in [3.63, 3.8) is 0 Å². The number of methoxy groups -OCH3 is 1. The third kappa shape index (κ3) is 3.28. The minimum atomic E-state index is -0.515. The summed E-state index contributed by atoms with van der Waals surface area (Å²) in [7, 11) is 1.67. The molecule has 1 aliphatic rings. The third-order valence-electron chi connectivity index (χ3n) is 3.82. The lowest BCUT2D eigenvalue weighted by atomic mass is 9.95. The van der Waals surface area contributed by atoms with E-state index in [0.717, 1.165) is 28.9 Å². The molecule has 1 aliphatic carbocycles. The number of hydrogen-bond acceptors (Lipinski definition) is 3. The molecule has 0 spiro atoms. The SMILES string of the molecule is CCC(NC1CC1)C(O)c1cc(C)cc(C)c1OC. The van der Waals surface area contributed by atoms with E-state index in [0.29, 0.717) is 6.04 Å². The topological polar surface area (TPSA) is 41.5 Å². The van der Waals surface area contributed by atoms with Crippen LogP contribution < -0.4 is 10.1 Å². The van der Waals surface area contributed by atoms with Gasteiger partial charge in [0.1, 0.15) is 5.75 Å². The van der Waals surface area contributed by atoms with Gasteiger partial charge in [0, 0.05) is 17.6 Å². The Morgan fingerprint density at radius 1 is 1.37 bits per heavy atom. The number of aryl methyl sites for hydroxylation is 2. The molecule has 3 nitrogen and oxygen atoms in total. The molecular weight excluding hydrogens is 238 g/mol. The highest BCUT2D eigenvalue weighted by Gasteiger charge is 2.29. The molecule has 0 saturated heterocycles. The number of aliphatic hydroxyl groups excluding tert-OH is 1. The molecule has 0 radical (unpaired) electrons. The first-order valence-corrected chi connectivity index (χ1v) is 7.16. The van der Waals surface area contributed by atoms with Gasteiger partial charge < -0.3 is 15.2 Å². The fourth-order valence-corrected chi connectivity index (χ4v) is 2.69. The van der Waals surface area contributed by atoms with Crippen molar-refractivity contribution in [1.82, 2.24) is 5.32 Å². The average Bonchev–Trinajstić information content (AvgIpc) is 3.18. The molecule has 1 fully saturated rings. The standard InChI is InChI=1S/C16H25NO2/c1-5-14(17-12-6-7-12)15(18)13-9-10(2)8-11(3)16(13)19-4/h8-9,12,14-15,17-18H,5-7H2,1-4H3. The molecule has 106 valence electrons. The Morgan fingerprint density at radius 2 is 2.05 bits per heavy atom. The predicted molar refractivity (Wildman–Crippen MR) is 77.7 cm³/mol. The molecule has 3 heteroatoms. The van der Waals surface area contributed by atoms with Gasteiger partial charge in [0.15, 0.2) is 0 Å². The number of nitrogens with one attached hydrogen (secondary N) is 1. The quantitative estimate of drug-likeness (QED) is 0.829. The van der Waals surface area contributed by atoms with Gasteiger partial charge in [-0.3, -0.25) is 0 Å². The lowest BCUT2D eigenvalue weighted by molar-refractivity contribution is 0.122. The zero-order chi connectivity index (χ0) is 14.0. The van der Waals surface area contributed by atoms with E-state index in [-0.39, 0.29) is 6.04 Å². The minimum absolute atomic E-state index is 0.0996. The van der Waals surface area contributed by atoms with E-state index < -0.39 is 6.10 Å². The van der Waals surface area contributed by atoms with Crippen molar-refractivity contribution in [2.75, 3.05) is 7.11 Å². The van der Waals surface area contributed by atoms with Crippen molar-refractivity contribution in [3.8, 4) is 5.75 Å². The van der Waals surface area contributed by atoms with Gasteiger partial charge in [-0.2, -0.15) is 0 Å². The summed E-state index contributed by atoms with van der Waals surface area (Å²) in [6, 6.07) is 4.82. The third-order valence-corrected chi connectivity index (χ3v) is 3.82. The maximum absolute atomic E-state index is 10.7. The Kier molecular flexibility index (Phi) is 4.48. The molecule has 0 bridgehead atoms. The van der Waals surface area contributed by atoms with Crippen LogP contribution in [0, 0.1) is 13.8 Å². The van der Waals surface area contributed by atoms with E-state index >= 15 is 0 Å². The van der Waals surface area contributed by atoms with Crippen molar-refractivity contribution in [3.05, 3.63) is 28.8 Å². The van der Waals surface area contributed by atoms with Gasteiger partial charge in [-0.25, -0.2) is 0 Å². The van der Waals surface area contributed by atoms with Crippen LogP contribution in [0.15, 0.2) is 12.1 Å². The average molecular weight is 263 g/mol. The highest BCUT2D eigenvalue weighted by molar-refractivity contribution is 5.45. The normalized spacial score (nSPS) is 18.2. The Labute approximate surface area is 116 Å². The van der Waals surface area contributed by atoms with Crippen LogP contribution in [-0.2, 0) is 0 Å². The lowest BCUT2D eigenvalue weighted by Crippen LogP contribution is -2.36. The van der Waals surface area contributed by atoms with E-state index in [4.69, 9.17) is 4.74 Å². The molecule has 2 N–H and O–H groups in total. The highest BCUT2D eigenvalue weighted by atomic mass is 16.5. The summed E-state index contributed by atoms with van der Waals surface area (Å²) in [5, 5.41) is 14.2. The van der Waals surface area contributed by atoms with Gasteiger partial charge in [-0.1, -0.05) is 18.6 Å². The first kappa shape index (κ1) is 14.4. The molecule has 19 heavy (non-hydrogen) atoms. The molecule has 2 atom stereocenters. The van der Waals surface area contributed by atoms with Gasteiger partial charge >= 0.3 is 0 Å².